The zero-order chi connectivity index (χ0) is 19.3. The first-order valence-corrected chi connectivity index (χ1v) is 7.53. The number of halogens is 2. The third-order valence-electron chi connectivity index (χ3n) is 3.32. The third kappa shape index (κ3) is 4.95. The van der Waals surface area contributed by atoms with E-state index in [1.54, 1.807) is 0 Å². The first-order chi connectivity index (χ1) is 12.2. The van der Waals surface area contributed by atoms with E-state index < -0.39 is 49.0 Å². The minimum absolute atomic E-state index is 0.141. The molecular weight excluding hydrogens is 360 g/mol. The normalized spacial score (nSPS) is 21.2. The van der Waals surface area contributed by atoms with Crippen LogP contribution in [0.5, 0.6) is 0 Å². The monoisotopic (exact) mass is 377 g/mol. The Labute approximate surface area is 145 Å². The molecule has 0 spiro atoms. The van der Waals surface area contributed by atoms with E-state index in [1.807, 2.05) is 0 Å². The maximum absolute atomic E-state index is 13.9. The predicted octanol–water partition coefficient (Wildman–Crippen LogP) is 0.270. The van der Waals surface area contributed by atoms with Crippen LogP contribution in [-0.2, 0) is 19.0 Å². The number of aliphatic hydroxyl groups excluding tert-OH is 1. The molecule has 1 saturated heterocycles. The van der Waals surface area contributed by atoms with Gasteiger partial charge in [0.1, 0.15) is 19.0 Å². The van der Waals surface area contributed by atoms with Crippen molar-refractivity contribution in [2.24, 2.45) is 0 Å². The zero-order valence-electron chi connectivity index (χ0n) is 13.7. The van der Waals surface area contributed by atoms with Gasteiger partial charge in [-0.05, 0) is 6.07 Å². The van der Waals surface area contributed by atoms with Crippen LogP contribution in [0.25, 0.3) is 0 Å². The Balaban J connectivity index is 1.98. The first kappa shape index (κ1) is 19.7. The fourth-order valence-corrected chi connectivity index (χ4v) is 2.23. The Morgan fingerprint density at radius 2 is 2.15 bits per heavy atom. The van der Waals surface area contributed by atoms with Crippen molar-refractivity contribution in [3.8, 4) is 0 Å². The van der Waals surface area contributed by atoms with Crippen LogP contribution in [0.4, 0.5) is 19.4 Å². The molecule has 1 amide bonds. The smallest absolute Gasteiger partial charge is 0.412 e. The van der Waals surface area contributed by atoms with Gasteiger partial charge in [0.25, 0.3) is 5.92 Å². The summed E-state index contributed by atoms with van der Waals surface area (Å²) in [5.41, 5.74) is -1.08. The molecule has 2 heterocycles. The number of hydrogen-bond acceptors (Lipinski definition) is 8. The highest BCUT2D eigenvalue weighted by molar-refractivity contribution is 5.83. The number of rotatable bonds is 6. The molecule has 2 unspecified atom stereocenters. The van der Waals surface area contributed by atoms with Crippen LogP contribution in [0.1, 0.15) is 19.6 Å². The van der Waals surface area contributed by atoms with E-state index >= 15 is 0 Å². The van der Waals surface area contributed by atoms with Crippen molar-refractivity contribution in [1.29, 1.82) is 0 Å². The third-order valence-corrected chi connectivity index (χ3v) is 3.32. The second-order valence-electron chi connectivity index (χ2n) is 5.36. The van der Waals surface area contributed by atoms with E-state index in [-0.39, 0.29) is 19.0 Å². The average molecular weight is 377 g/mol. The molecule has 0 radical (unpaired) electrons. The number of amides is 1. The van der Waals surface area contributed by atoms with Gasteiger partial charge in [-0.25, -0.2) is 18.4 Å². The molecule has 0 bridgehead atoms. The number of hydrogen-bond donors (Lipinski definition) is 2. The molecule has 1 aliphatic rings. The number of aliphatic hydroxyl groups is 1. The Kier molecular flexibility index (Phi) is 6.21. The van der Waals surface area contributed by atoms with Crippen LogP contribution in [0, 0.1) is 0 Å². The number of esters is 1. The van der Waals surface area contributed by atoms with E-state index in [2.05, 4.69) is 19.8 Å². The Bertz CT molecular complexity index is 725. The Morgan fingerprint density at radius 3 is 2.73 bits per heavy atom. The lowest BCUT2D eigenvalue weighted by molar-refractivity contribution is -0.141. The molecule has 2 N–H and O–H groups in total. The van der Waals surface area contributed by atoms with Crippen LogP contribution in [-0.4, -0.2) is 58.6 Å². The summed E-state index contributed by atoms with van der Waals surface area (Å²) in [6.45, 7) is 0.234. The molecule has 0 aliphatic carbocycles. The average Bonchev–Trinajstić information content (AvgIpc) is 2.86. The SMILES string of the molecule is CC(=O)OCCOC(=O)Nc1ccn(C2OC(CO)CC2(F)F)c(=O)n1. The molecule has 2 atom stereocenters. The summed E-state index contributed by atoms with van der Waals surface area (Å²) in [6.07, 6.45) is -3.70. The lowest BCUT2D eigenvalue weighted by Crippen LogP contribution is -2.35. The number of carbonyl (C=O) groups excluding carboxylic acids is 2. The second kappa shape index (κ2) is 8.19. The fraction of sp³-hybridized carbons (Fsp3) is 0.571. The molecule has 12 heteroatoms. The van der Waals surface area contributed by atoms with Gasteiger partial charge >= 0.3 is 17.8 Å². The van der Waals surface area contributed by atoms with E-state index in [0.717, 1.165) is 12.3 Å². The summed E-state index contributed by atoms with van der Waals surface area (Å²) in [7, 11) is 0. The molecule has 1 aliphatic heterocycles. The summed E-state index contributed by atoms with van der Waals surface area (Å²) in [5, 5.41) is 11.1. The van der Waals surface area contributed by atoms with Gasteiger partial charge in [0.05, 0.1) is 12.7 Å². The lowest BCUT2D eigenvalue weighted by atomic mass is 10.2. The van der Waals surface area contributed by atoms with Crippen molar-refractivity contribution < 1.29 is 37.7 Å². The molecule has 10 nitrogen and oxygen atoms in total. The van der Waals surface area contributed by atoms with Crippen LogP contribution in [0.2, 0.25) is 0 Å². The van der Waals surface area contributed by atoms with Gasteiger partial charge < -0.3 is 19.3 Å². The molecule has 0 aromatic carbocycles. The highest BCUT2D eigenvalue weighted by atomic mass is 19.3. The van der Waals surface area contributed by atoms with Crippen molar-refractivity contribution >= 4 is 17.9 Å². The number of anilines is 1. The van der Waals surface area contributed by atoms with Crippen molar-refractivity contribution in [2.75, 3.05) is 25.1 Å². The number of aromatic nitrogens is 2. The maximum Gasteiger partial charge on any atom is 0.412 e. The summed E-state index contributed by atoms with van der Waals surface area (Å²) >= 11 is 0. The van der Waals surface area contributed by atoms with Crippen molar-refractivity contribution in [2.45, 2.75) is 31.6 Å². The van der Waals surface area contributed by atoms with Crippen LogP contribution in [0.15, 0.2) is 17.1 Å². The minimum Gasteiger partial charge on any atom is -0.462 e. The first-order valence-electron chi connectivity index (χ1n) is 7.53. The molecule has 1 aromatic heterocycles. The molecule has 1 aromatic rings. The topological polar surface area (TPSA) is 129 Å². The van der Waals surface area contributed by atoms with Gasteiger partial charge in [-0.1, -0.05) is 0 Å². The molecule has 0 saturated carbocycles. The predicted molar refractivity (Wildman–Crippen MR) is 80.7 cm³/mol. The number of carbonyl (C=O) groups is 2. The molecular formula is C14H17F2N3O7. The molecule has 1 fully saturated rings. The second-order valence-corrected chi connectivity index (χ2v) is 5.36. The molecule has 2 rings (SSSR count). The Morgan fingerprint density at radius 1 is 1.46 bits per heavy atom. The summed E-state index contributed by atoms with van der Waals surface area (Å²) < 4.78 is 42.6. The Hall–Kier alpha value is -2.60. The van der Waals surface area contributed by atoms with Crippen molar-refractivity contribution in [3.63, 3.8) is 0 Å². The van der Waals surface area contributed by atoms with Crippen LogP contribution < -0.4 is 11.0 Å². The van der Waals surface area contributed by atoms with E-state index in [4.69, 9.17) is 9.84 Å². The van der Waals surface area contributed by atoms with Crippen LogP contribution in [0.3, 0.4) is 0 Å². The fourth-order valence-electron chi connectivity index (χ4n) is 2.23. The van der Waals surface area contributed by atoms with Gasteiger partial charge in [-0.15, -0.1) is 0 Å². The number of alkyl halides is 2. The largest absolute Gasteiger partial charge is 0.462 e. The highest BCUT2D eigenvalue weighted by Crippen LogP contribution is 2.41. The van der Waals surface area contributed by atoms with E-state index in [9.17, 15) is 23.2 Å². The lowest BCUT2D eigenvalue weighted by Gasteiger charge is -2.19. The number of nitrogens with one attached hydrogen (secondary N) is 1. The van der Waals surface area contributed by atoms with Crippen LogP contribution >= 0.6 is 0 Å². The van der Waals surface area contributed by atoms with E-state index in [0.29, 0.717) is 4.57 Å². The highest BCUT2D eigenvalue weighted by Gasteiger charge is 2.51. The zero-order valence-corrected chi connectivity index (χ0v) is 13.7. The summed E-state index contributed by atoms with van der Waals surface area (Å²) in [5.74, 6) is -4.11. The van der Waals surface area contributed by atoms with Crippen molar-refractivity contribution in [1.82, 2.24) is 9.55 Å². The minimum atomic E-state index is -3.36. The van der Waals surface area contributed by atoms with Gasteiger partial charge in [0.2, 0.25) is 6.23 Å². The van der Waals surface area contributed by atoms with Gasteiger partial charge in [0.15, 0.2) is 0 Å². The van der Waals surface area contributed by atoms with Crippen molar-refractivity contribution in [3.05, 3.63) is 22.7 Å². The standard InChI is InChI=1S/C14H17F2N3O7/c1-8(21)24-4-5-25-13(23)18-10-2-3-19(12(22)17-10)11-14(15,16)6-9(7-20)26-11/h2-3,9,11,20H,4-7H2,1H3,(H,17,18,22,23). The summed E-state index contributed by atoms with van der Waals surface area (Å²) in [4.78, 5) is 37.5. The number of nitrogens with zero attached hydrogens (tertiary/aromatic N) is 2. The summed E-state index contributed by atoms with van der Waals surface area (Å²) in [6, 6.07) is 1.11. The van der Waals surface area contributed by atoms with E-state index in [1.165, 1.54) is 6.92 Å². The quantitative estimate of drug-likeness (QED) is 0.534. The van der Waals surface area contributed by atoms with Gasteiger partial charge in [-0.3, -0.25) is 14.7 Å². The number of ether oxygens (including phenoxy) is 3. The van der Waals surface area contributed by atoms with Gasteiger partial charge in [0, 0.05) is 19.5 Å². The van der Waals surface area contributed by atoms with Gasteiger partial charge in [-0.2, -0.15) is 4.98 Å². The molecule has 144 valence electrons. The maximum atomic E-state index is 13.9. The molecule has 26 heavy (non-hydrogen) atoms.